The number of hydrogen-bond acceptors (Lipinski definition) is 6. The monoisotopic (exact) mass is 504 g/mol. The van der Waals surface area contributed by atoms with Crippen LogP contribution in [0.1, 0.15) is 43.7 Å². The van der Waals surface area contributed by atoms with Crippen molar-refractivity contribution < 1.29 is 22.6 Å². The van der Waals surface area contributed by atoms with E-state index in [1.165, 1.54) is 0 Å². The van der Waals surface area contributed by atoms with E-state index in [2.05, 4.69) is 20.4 Å². The second kappa shape index (κ2) is 10.5. The normalized spacial score (nSPS) is 25.2. The number of nitrogens with zero attached hydrogens (tertiary/aromatic N) is 3. The summed E-state index contributed by atoms with van der Waals surface area (Å²) in [5.74, 6) is 2.26. The van der Waals surface area contributed by atoms with Crippen molar-refractivity contribution in [2.24, 2.45) is 17.8 Å². The Morgan fingerprint density at radius 2 is 1.81 bits per heavy atom. The van der Waals surface area contributed by atoms with Gasteiger partial charge in [-0.05, 0) is 87.1 Å². The molecule has 0 radical (unpaired) electrons. The molecule has 36 heavy (non-hydrogen) atoms. The minimum atomic E-state index is -4.53. The molecule has 2 aromatic rings. The molecule has 0 spiro atoms. The third-order valence-corrected chi connectivity index (χ3v) is 7.91. The third-order valence-electron chi connectivity index (χ3n) is 7.91. The van der Waals surface area contributed by atoms with Gasteiger partial charge in [-0.3, -0.25) is 0 Å². The summed E-state index contributed by atoms with van der Waals surface area (Å²) in [6.45, 7) is 9.15. The molecule has 1 unspecified atom stereocenters. The summed E-state index contributed by atoms with van der Waals surface area (Å²) in [7, 11) is 0. The topological polar surface area (TPSA) is 59.5 Å². The van der Waals surface area contributed by atoms with Crippen molar-refractivity contribution in [3.8, 4) is 17.0 Å². The Morgan fingerprint density at radius 3 is 2.44 bits per heavy atom. The summed E-state index contributed by atoms with van der Waals surface area (Å²) in [5, 5.41) is 11.3. The van der Waals surface area contributed by atoms with Gasteiger partial charge < -0.3 is 19.7 Å². The van der Waals surface area contributed by atoms with Gasteiger partial charge in [-0.1, -0.05) is 0 Å². The number of nitrogens with one attached hydrogen (secondary N) is 1. The fraction of sp³-hybridized carbons (Fsp3) is 0.630. The number of hydrogen-bond donors (Lipinski definition) is 1. The molecule has 3 atom stereocenters. The first-order valence-corrected chi connectivity index (χ1v) is 13.1. The first kappa shape index (κ1) is 25.3. The molecule has 3 fully saturated rings. The van der Waals surface area contributed by atoms with E-state index in [-0.39, 0.29) is 17.6 Å². The number of aromatic nitrogens is 2. The third kappa shape index (κ3) is 5.62. The highest BCUT2D eigenvalue weighted by Crippen LogP contribution is 2.42. The van der Waals surface area contributed by atoms with Crippen molar-refractivity contribution in [2.75, 3.05) is 44.8 Å². The lowest BCUT2D eigenvalue weighted by molar-refractivity contribution is -0.137. The van der Waals surface area contributed by atoms with E-state index in [9.17, 15) is 13.2 Å². The number of likely N-dealkylation sites (tertiary alicyclic amines) is 1. The molecule has 196 valence electrons. The zero-order chi connectivity index (χ0) is 25.3. The van der Waals surface area contributed by atoms with Crippen LogP contribution in [0.4, 0.5) is 19.0 Å². The predicted molar refractivity (Wildman–Crippen MR) is 132 cm³/mol. The van der Waals surface area contributed by atoms with Crippen LogP contribution in [-0.4, -0.2) is 60.6 Å². The molecule has 1 aromatic carbocycles. The van der Waals surface area contributed by atoms with Crippen LogP contribution < -0.4 is 10.1 Å². The molecule has 3 heterocycles. The average molecular weight is 505 g/mol. The van der Waals surface area contributed by atoms with Crippen LogP contribution in [0.3, 0.4) is 0 Å². The summed E-state index contributed by atoms with van der Waals surface area (Å²) >= 11 is 0. The van der Waals surface area contributed by atoms with Gasteiger partial charge in [0.15, 0.2) is 5.82 Å². The number of anilines is 1. The molecule has 3 aliphatic rings. The van der Waals surface area contributed by atoms with Crippen LogP contribution in [0.25, 0.3) is 11.3 Å². The lowest BCUT2D eigenvalue weighted by atomic mass is 10.00. The Morgan fingerprint density at radius 1 is 1.08 bits per heavy atom. The number of ether oxygens (including phenoxy) is 2. The summed E-state index contributed by atoms with van der Waals surface area (Å²) in [6, 6.07) is 6.39. The second-order valence-corrected chi connectivity index (χ2v) is 10.5. The highest BCUT2D eigenvalue weighted by atomic mass is 19.4. The molecule has 2 saturated heterocycles. The molecular formula is C27H35F3N4O2. The standard InChI is InChI=1S/C27H35F3N4O2/c1-3-36-22-4-5-23(17(2)10-22)25-13-24(27(28,29)30)26(33-32-25)31-21-11-19-15-34(16-20(19)12-21)14-18-6-8-35-9-7-18/h4-5,10,13,18-21H,3,6-9,11-12,14-16H2,1-2H3,(H,31,33)/t19-,20+,21?. The average Bonchev–Trinajstić information content (AvgIpc) is 3.38. The van der Waals surface area contributed by atoms with Crippen LogP contribution in [0, 0.1) is 24.7 Å². The summed E-state index contributed by atoms with van der Waals surface area (Å²) in [5.41, 5.74) is 0.848. The predicted octanol–water partition coefficient (Wildman–Crippen LogP) is 5.42. The Labute approximate surface area is 210 Å². The largest absolute Gasteiger partial charge is 0.494 e. The molecule has 1 N–H and O–H groups in total. The minimum absolute atomic E-state index is 0.0151. The van der Waals surface area contributed by atoms with Crippen molar-refractivity contribution in [3.63, 3.8) is 0 Å². The molecular weight excluding hydrogens is 469 g/mol. The molecule has 5 rings (SSSR count). The molecule has 1 aromatic heterocycles. The van der Waals surface area contributed by atoms with E-state index in [4.69, 9.17) is 9.47 Å². The van der Waals surface area contributed by atoms with Crippen LogP contribution in [0.5, 0.6) is 5.75 Å². The van der Waals surface area contributed by atoms with Gasteiger partial charge in [-0.15, -0.1) is 10.2 Å². The van der Waals surface area contributed by atoms with Gasteiger partial charge in [0.2, 0.25) is 0 Å². The first-order chi connectivity index (χ1) is 17.3. The fourth-order valence-corrected chi connectivity index (χ4v) is 6.18. The van der Waals surface area contributed by atoms with Gasteiger partial charge in [-0.2, -0.15) is 13.2 Å². The molecule has 2 aliphatic heterocycles. The molecule has 9 heteroatoms. The highest BCUT2D eigenvalue weighted by molar-refractivity contribution is 5.66. The minimum Gasteiger partial charge on any atom is -0.494 e. The van der Waals surface area contributed by atoms with E-state index in [0.29, 0.717) is 35.7 Å². The zero-order valence-electron chi connectivity index (χ0n) is 21.0. The maximum atomic E-state index is 14.0. The maximum absolute atomic E-state index is 14.0. The highest BCUT2D eigenvalue weighted by Gasteiger charge is 2.43. The Hall–Kier alpha value is -2.39. The number of aryl methyl sites for hydroxylation is 1. The number of alkyl halides is 3. The summed E-state index contributed by atoms with van der Waals surface area (Å²) < 4.78 is 53.1. The molecule has 6 nitrogen and oxygen atoms in total. The van der Waals surface area contributed by atoms with Crippen LogP contribution >= 0.6 is 0 Å². The molecule has 1 saturated carbocycles. The van der Waals surface area contributed by atoms with Crippen LogP contribution in [-0.2, 0) is 10.9 Å². The van der Waals surface area contributed by atoms with Gasteiger partial charge in [0.25, 0.3) is 0 Å². The second-order valence-electron chi connectivity index (χ2n) is 10.5. The quantitative estimate of drug-likeness (QED) is 0.544. The van der Waals surface area contributed by atoms with Gasteiger partial charge in [0, 0.05) is 44.5 Å². The Bertz CT molecular complexity index is 1040. The summed E-state index contributed by atoms with van der Waals surface area (Å²) in [4.78, 5) is 2.55. The number of benzene rings is 1. The van der Waals surface area contributed by atoms with Crippen molar-refractivity contribution >= 4 is 5.82 Å². The zero-order valence-corrected chi connectivity index (χ0v) is 21.0. The van der Waals surface area contributed by atoms with E-state index in [1.807, 2.05) is 19.9 Å². The lowest BCUT2D eigenvalue weighted by Crippen LogP contribution is -2.32. The molecule has 1 aliphatic carbocycles. The van der Waals surface area contributed by atoms with Gasteiger partial charge in [-0.25, -0.2) is 0 Å². The van der Waals surface area contributed by atoms with E-state index < -0.39 is 11.7 Å². The van der Waals surface area contributed by atoms with Gasteiger partial charge in [0.1, 0.15) is 11.3 Å². The summed E-state index contributed by atoms with van der Waals surface area (Å²) in [6.07, 6.45) is -0.537. The SMILES string of the molecule is CCOc1ccc(-c2cc(C(F)(F)F)c(NC3C[C@@H]4CN(CC5CCOCC5)C[C@@H]4C3)nn2)c(C)c1. The number of rotatable bonds is 7. The van der Waals surface area contributed by atoms with Crippen molar-refractivity contribution in [1.82, 2.24) is 15.1 Å². The van der Waals surface area contributed by atoms with E-state index in [0.717, 1.165) is 70.2 Å². The first-order valence-electron chi connectivity index (χ1n) is 13.1. The van der Waals surface area contributed by atoms with Gasteiger partial charge in [0.05, 0.1) is 12.3 Å². The van der Waals surface area contributed by atoms with Crippen LogP contribution in [0.2, 0.25) is 0 Å². The Kier molecular flexibility index (Phi) is 7.40. The van der Waals surface area contributed by atoms with E-state index in [1.54, 1.807) is 12.1 Å². The van der Waals surface area contributed by atoms with Crippen molar-refractivity contribution in [1.29, 1.82) is 0 Å². The maximum Gasteiger partial charge on any atom is 0.420 e. The van der Waals surface area contributed by atoms with Crippen molar-refractivity contribution in [2.45, 2.75) is 51.7 Å². The fourth-order valence-electron chi connectivity index (χ4n) is 6.18. The number of fused-ring (bicyclic) bond motifs is 1. The Balaban J connectivity index is 1.26. The smallest absolute Gasteiger partial charge is 0.420 e. The molecule has 0 bridgehead atoms. The van der Waals surface area contributed by atoms with Crippen molar-refractivity contribution in [3.05, 3.63) is 35.4 Å². The van der Waals surface area contributed by atoms with E-state index >= 15 is 0 Å². The number of halogens is 3. The lowest BCUT2D eigenvalue weighted by Gasteiger charge is -2.28. The van der Waals surface area contributed by atoms with Crippen LogP contribution in [0.15, 0.2) is 24.3 Å². The molecule has 0 amide bonds. The van der Waals surface area contributed by atoms with Gasteiger partial charge >= 0.3 is 6.18 Å².